The first-order valence-corrected chi connectivity index (χ1v) is 7.45. The van der Waals surface area contributed by atoms with Crippen LogP contribution in [0.1, 0.15) is 24.6 Å². The largest absolute Gasteiger partial charge is 0.316 e. The summed E-state index contributed by atoms with van der Waals surface area (Å²) >= 11 is 5.30. The van der Waals surface area contributed by atoms with Gasteiger partial charge in [0.1, 0.15) is 0 Å². The molecule has 1 aromatic rings. The van der Waals surface area contributed by atoms with Crippen molar-refractivity contribution in [2.45, 2.75) is 26.3 Å². The topological polar surface area (TPSA) is 24.1 Å². The van der Waals surface area contributed by atoms with E-state index >= 15 is 0 Å². The van der Waals surface area contributed by atoms with Gasteiger partial charge in [0.2, 0.25) is 0 Å². The van der Waals surface area contributed by atoms with Gasteiger partial charge in [0.05, 0.1) is 3.79 Å². The normalized spacial score (nSPS) is 25.9. The van der Waals surface area contributed by atoms with Crippen LogP contribution in [0.2, 0.25) is 0 Å². The number of nitrogens with one attached hydrogen (secondary N) is 2. The van der Waals surface area contributed by atoms with E-state index in [2.05, 4.69) is 45.6 Å². The average Bonchev–Trinajstić information content (AvgIpc) is 2.65. The predicted molar refractivity (Wildman–Crippen MR) is 73.9 cm³/mol. The first-order valence-electron chi connectivity index (χ1n) is 5.84. The van der Waals surface area contributed by atoms with Gasteiger partial charge in [-0.25, -0.2) is 0 Å². The zero-order valence-electron chi connectivity index (χ0n) is 9.68. The van der Waals surface area contributed by atoms with Crippen LogP contribution in [0.25, 0.3) is 0 Å². The summed E-state index contributed by atoms with van der Waals surface area (Å²) in [5, 5.41) is 7.06. The van der Waals surface area contributed by atoms with E-state index in [1.54, 1.807) is 0 Å². The zero-order chi connectivity index (χ0) is 11.4. The van der Waals surface area contributed by atoms with Crippen LogP contribution in [-0.2, 0) is 6.54 Å². The molecule has 2 nitrogen and oxygen atoms in total. The molecular weight excluding hydrogens is 284 g/mol. The maximum absolute atomic E-state index is 3.57. The summed E-state index contributed by atoms with van der Waals surface area (Å²) in [4.78, 5) is 1.40. The summed E-state index contributed by atoms with van der Waals surface area (Å²) in [5.41, 5.74) is 0.437. The van der Waals surface area contributed by atoms with E-state index < -0.39 is 0 Å². The van der Waals surface area contributed by atoms with Crippen molar-refractivity contribution in [3.63, 3.8) is 0 Å². The van der Waals surface area contributed by atoms with Crippen LogP contribution < -0.4 is 10.6 Å². The third-order valence-electron chi connectivity index (χ3n) is 3.17. The van der Waals surface area contributed by atoms with Crippen molar-refractivity contribution in [2.24, 2.45) is 5.41 Å². The van der Waals surface area contributed by atoms with Crippen LogP contribution >= 0.6 is 27.3 Å². The van der Waals surface area contributed by atoms with Gasteiger partial charge >= 0.3 is 0 Å². The first kappa shape index (κ1) is 12.6. The van der Waals surface area contributed by atoms with Crippen LogP contribution in [-0.4, -0.2) is 19.6 Å². The highest BCUT2D eigenvalue weighted by molar-refractivity contribution is 9.11. The number of thiophene rings is 1. The Morgan fingerprint density at radius 2 is 2.44 bits per heavy atom. The lowest BCUT2D eigenvalue weighted by atomic mass is 9.83. The van der Waals surface area contributed by atoms with Crippen molar-refractivity contribution in [1.82, 2.24) is 10.6 Å². The fourth-order valence-electron chi connectivity index (χ4n) is 2.20. The highest BCUT2D eigenvalue weighted by atomic mass is 79.9. The van der Waals surface area contributed by atoms with E-state index in [-0.39, 0.29) is 0 Å². The highest BCUT2D eigenvalue weighted by Crippen LogP contribution is 2.25. The Labute approximate surface area is 110 Å². The van der Waals surface area contributed by atoms with Crippen LogP contribution in [0.5, 0.6) is 0 Å². The van der Waals surface area contributed by atoms with E-state index in [0.29, 0.717) is 5.41 Å². The van der Waals surface area contributed by atoms with Crippen molar-refractivity contribution >= 4 is 27.3 Å². The lowest BCUT2D eigenvalue weighted by Crippen LogP contribution is -2.44. The first-order chi connectivity index (χ1) is 7.68. The van der Waals surface area contributed by atoms with E-state index in [1.165, 1.54) is 28.0 Å². The minimum atomic E-state index is 0.437. The minimum Gasteiger partial charge on any atom is -0.316 e. The molecule has 2 rings (SSSR count). The van der Waals surface area contributed by atoms with E-state index in [0.717, 1.165) is 19.6 Å². The number of hydrogen-bond donors (Lipinski definition) is 2. The van der Waals surface area contributed by atoms with Gasteiger partial charge in [-0.05, 0) is 52.9 Å². The molecule has 1 atom stereocenters. The van der Waals surface area contributed by atoms with E-state index in [9.17, 15) is 0 Å². The van der Waals surface area contributed by atoms with E-state index in [4.69, 9.17) is 0 Å². The summed E-state index contributed by atoms with van der Waals surface area (Å²) in [6.07, 6.45) is 2.64. The van der Waals surface area contributed by atoms with Crippen molar-refractivity contribution in [1.29, 1.82) is 0 Å². The molecule has 4 heteroatoms. The van der Waals surface area contributed by atoms with Gasteiger partial charge in [-0.1, -0.05) is 6.92 Å². The molecule has 0 amide bonds. The molecule has 0 spiro atoms. The molecule has 1 aromatic heterocycles. The Balaban J connectivity index is 1.74. The van der Waals surface area contributed by atoms with Crippen molar-refractivity contribution in [3.8, 4) is 0 Å². The second-order valence-electron chi connectivity index (χ2n) is 4.90. The second kappa shape index (κ2) is 5.63. The average molecular weight is 303 g/mol. The highest BCUT2D eigenvalue weighted by Gasteiger charge is 2.25. The van der Waals surface area contributed by atoms with Gasteiger partial charge < -0.3 is 10.6 Å². The maximum atomic E-state index is 3.57. The van der Waals surface area contributed by atoms with Crippen molar-refractivity contribution in [2.75, 3.05) is 19.6 Å². The third-order valence-corrected chi connectivity index (χ3v) is 4.79. The summed E-state index contributed by atoms with van der Waals surface area (Å²) in [7, 11) is 0. The molecule has 2 N–H and O–H groups in total. The van der Waals surface area contributed by atoms with Gasteiger partial charge in [-0.2, -0.15) is 0 Å². The van der Waals surface area contributed by atoms with Gasteiger partial charge in [0, 0.05) is 24.5 Å². The standard InChI is InChI=1S/C12H19BrN2S/c1-12(5-2-6-14-8-12)9-15-7-10-3-4-11(13)16-10/h3-4,14-15H,2,5-9H2,1H3. The summed E-state index contributed by atoms with van der Waals surface area (Å²) in [5.74, 6) is 0. The Morgan fingerprint density at radius 3 is 3.06 bits per heavy atom. The van der Waals surface area contributed by atoms with Gasteiger partial charge in [-0.15, -0.1) is 11.3 Å². The molecule has 0 saturated carbocycles. The molecule has 0 aromatic carbocycles. The fourth-order valence-corrected chi connectivity index (χ4v) is 3.66. The fraction of sp³-hybridized carbons (Fsp3) is 0.667. The minimum absolute atomic E-state index is 0.437. The molecule has 1 fully saturated rings. The molecule has 1 aliphatic heterocycles. The predicted octanol–water partition coefficient (Wildman–Crippen LogP) is 2.99. The van der Waals surface area contributed by atoms with Crippen molar-refractivity contribution < 1.29 is 0 Å². The van der Waals surface area contributed by atoms with Gasteiger partial charge in [-0.3, -0.25) is 0 Å². The zero-order valence-corrected chi connectivity index (χ0v) is 12.1. The smallest absolute Gasteiger partial charge is 0.0701 e. The molecule has 2 heterocycles. The van der Waals surface area contributed by atoms with Crippen LogP contribution in [0.4, 0.5) is 0 Å². The number of rotatable bonds is 4. The van der Waals surface area contributed by atoms with Gasteiger partial charge in [0.25, 0.3) is 0 Å². The molecule has 1 saturated heterocycles. The Kier molecular flexibility index (Phi) is 4.41. The molecule has 0 radical (unpaired) electrons. The second-order valence-corrected chi connectivity index (χ2v) is 7.45. The van der Waals surface area contributed by atoms with Crippen molar-refractivity contribution in [3.05, 3.63) is 20.8 Å². The molecule has 0 aliphatic carbocycles. The lowest BCUT2D eigenvalue weighted by Gasteiger charge is -2.34. The van der Waals surface area contributed by atoms with Crippen LogP contribution in [0, 0.1) is 5.41 Å². The molecule has 1 aliphatic rings. The molecule has 0 bridgehead atoms. The maximum Gasteiger partial charge on any atom is 0.0701 e. The molecule has 90 valence electrons. The number of hydrogen-bond acceptors (Lipinski definition) is 3. The Bertz CT molecular complexity index is 332. The Hall–Kier alpha value is 0.1000. The monoisotopic (exact) mass is 302 g/mol. The third kappa shape index (κ3) is 3.55. The summed E-state index contributed by atoms with van der Waals surface area (Å²) in [6, 6.07) is 4.30. The SMILES string of the molecule is CC1(CNCc2ccc(Br)s2)CCCNC1. The summed E-state index contributed by atoms with van der Waals surface area (Å²) < 4.78 is 1.22. The number of halogens is 1. The van der Waals surface area contributed by atoms with Gasteiger partial charge in [0.15, 0.2) is 0 Å². The Morgan fingerprint density at radius 1 is 1.56 bits per heavy atom. The number of piperidine rings is 1. The van der Waals surface area contributed by atoms with E-state index in [1.807, 2.05) is 11.3 Å². The van der Waals surface area contributed by atoms with Crippen LogP contribution in [0.15, 0.2) is 15.9 Å². The molecule has 1 unspecified atom stereocenters. The van der Waals surface area contributed by atoms with Crippen LogP contribution in [0.3, 0.4) is 0 Å². The molecular formula is C12H19BrN2S. The lowest BCUT2D eigenvalue weighted by molar-refractivity contribution is 0.226. The molecule has 16 heavy (non-hydrogen) atoms. The summed E-state index contributed by atoms with van der Waals surface area (Å²) in [6.45, 7) is 6.81. The quantitative estimate of drug-likeness (QED) is 0.893.